The minimum Gasteiger partial charge on any atom is -0.507 e. The number of carbonyl (C=O) groups is 2. The predicted octanol–water partition coefficient (Wildman–Crippen LogP) is 4.43. The molecule has 0 atom stereocenters. The van der Waals surface area contributed by atoms with Gasteiger partial charge in [-0.3, -0.25) is 10.1 Å². The van der Waals surface area contributed by atoms with Crippen LogP contribution >= 0.6 is 0 Å². The molecule has 0 bridgehead atoms. The largest absolute Gasteiger partial charge is 0.507 e. The van der Waals surface area contributed by atoms with E-state index >= 15 is 0 Å². The Kier molecular flexibility index (Phi) is 4.10. The van der Waals surface area contributed by atoms with Crippen LogP contribution in [0.1, 0.15) is 49.5 Å². The molecule has 2 aliphatic rings. The topological polar surface area (TPSA) is 78.9 Å². The second kappa shape index (κ2) is 6.26. The van der Waals surface area contributed by atoms with Crippen molar-refractivity contribution in [2.24, 2.45) is 0 Å². The summed E-state index contributed by atoms with van der Waals surface area (Å²) in [5.41, 5.74) is 2.17. The van der Waals surface area contributed by atoms with E-state index in [1.807, 2.05) is 18.2 Å². The zero-order valence-corrected chi connectivity index (χ0v) is 16.3. The predicted molar refractivity (Wildman–Crippen MR) is 107 cm³/mol. The lowest BCUT2D eigenvalue weighted by Gasteiger charge is -2.20. The Bertz CT molecular complexity index is 957. The number of nitrogens with one attached hydrogen (secondary N) is 1. The van der Waals surface area contributed by atoms with E-state index in [4.69, 9.17) is 4.74 Å². The number of aromatic hydroxyl groups is 1. The molecule has 0 aromatic heterocycles. The number of phenolic OH excluding ortho intramolecular Hbond substituents is 1. The molecule has 1 saturated carbocycles. The van der Waals surface area contributed by atoms with Crippen molar-refractivity contribution in [1.29, 1.82) is 0 Å². The van der Waals surface area contributed by atoms with Crippen LogP contribution in [0.4, 0.5) is 16.2 Å². The van der Waals surface area contributed by atoms with Gasteiger partial charge in [0.25, 0.3) is 5.91 Å². The molecule has 1 aliphatic carbocycles. The van der Waals surface area contributed by atoms with E-state index in [2.05, 4.69) is 11.4 Å². The third-order valence-electron chi connectivity index (χ3n) is 5.20. The summed E-state index contributed by atoms with van der Waals surface area (Å²) >= 11 is 0. The molecule has 28 heavy (non-hydrogen) atoms. The third-order valence-corrected chi connectivity index (χ3v) is 5.20. The van der Waals surface area contributed by atoms with Gasteiger partial charge in [0.05, 0.1) is 5.56 Å². The molecule has 1 spiro atoms. The Morgan fingerprint density at radius 2 is 1.86 bits per heavy atom. The summed E-state index contributed by atoms with van der Waals surface area (Å²) < 4.78 is 5.20. The summed E-state index contributed by atoms with van der Waals surface area (Å²) in [6.45, 7) is 5.95. The maximum Gasteiger partial charge on any atom is 0.412 e. The van der Waals surface area contributed by atoms with Crippen LogP contribution in [0.2, 0.25) is 0 Å². The number of benzene rings is 2. The number of carbonyl (C=O) groups excluding carboxylic acids is 2. The van der Waals surface area contributed by atoms with Gasteiger partial charge < -0.3 is 14.7 Å². The van der Waals surface area contributed by atoms with Gasteiger partial charge in [-0.15, -0.1) is 0 Å². The van der Waals surface area contributed by atoms with Crippen LogP contribution in [0.5, 0.6) is 5.75 Å². The van der Waals surface area contributed by atoms with E-state index in [0.717, 1.165) is 18.5 Å². The number of anilines is 2. The number of hydrogen-bond acceptors (Lipinski definition) is 4. The Labute approximate surface area is 164 Å². The number of fused-ring (bicyclic) bond motifs is 2. The molecule has 2 aromatic carbocycles. The van der Waals surface area contributed by atoms with Crippen LogP contribution in [-0.4, -0.2) is 29.3 Å². The highest BCUT2D eigenvalue weighted by molar-refractivity contribution is 6.10. The minimum atomic E-state index is -0.621. The van der Waals surface area contributed by atoms with Gasteiger partial charge in [-0.2, -0.15) is 0 Å². The normalized spacial score (nSPS) is 16.6. The van der Waals surface area contributed by atoms with E-state index in [1.165, 1.54) is 17.7 Å². The Morgan fingerprint density at radius 1 is 1.14 bits per heavy atom. The van der Waals surface area contributed by atoms with Gasteiger partial charge in [-0.1, -0.05) is 18.2 Å². The van der Waals surface area contributed by atoms with E-state index in [-0.39, 0.29) is 22.6 Å². The highest BCUT2D eigenvalue weighted by atomic mass is 16.6. The van der Waals surface area contributed by atoms with E-state index in [9.17, 15) is 14.7 Å². The molecule has 0 saturated heterocycles. The third kappa shape index (κ3) is 3.30. The van der Waals surface area contributed by atoms with Crippen LogP contribution < -0.4 is 10.2 Å². The van der Waals surface area contributed by atoms with Crippen LogP contribution in [0, 0.1) is 0 Å². The maximum absolute atomic E-state index is 13.1. The van der Waals surface area contributed by atoms with Crippen LogP contribution in [0.25, 0.3) is 0 Å². The molecule has 0 radical (unpaired) electrons. The fourth-order valence-electron chi connectivity index (χ4n) is 3.75. The molecule has 6 heteroatoms. The Morgan fingerprint density at radius 3 is 2.50 bits per heavy atom. The van der Waals surface area contributed by atoms with Gasteiger partial charge in [0.2, 0.25) is 0 Å². The molecule has 2 amide bonds. The number of amides is 2. The first-order chi connectivity index (χ1) is 13.2. The Balaban J connectivity index is 1.54. The summed E-state index contributed by atoms with van der Waals surface area (Å²) in [4.78, 5) is 26.8. The van der Waals surface area contributed by atoms with E-state index in [1.54, 1.807) is 31.7 Å². The molecule has 6 nitrogen and oxygen atoms in total. The van der Waals surface area contributed by atoms with Gasteiger partial charge in [0, 0.05) is 29.4 Å². The average Bonchev–Trinajstić information content (AvgIpc) is 3.30. The van der Waals surface area contributed by atoms with Crippen molar-refractivity contribution in [3.63, 3.8) is 0 Å². The lowest BCUT2D eigenvalue weighted by Crippen LogP contribution is -2.31. The van der Waals surface area contributed by atoms with Gasteiger partial charge >= 0.3 is 6.09 Å². The second-order valence-corrected chi connectivity index (χ2v) is 8.55. The summed E-state index contributed by atoms with van der Waals surface area (Å²) in [6, 6.07) is 12.5. The average molecular weight is 380 g/mol. The number of para-hydroxylation sites is 1. The molecule has 2 aromatic rings. The second-order valence-electron chi connectivity index (χ2n) is 8.55. The molecular weight excluding hydrogens is 356 g/mol. The van der Waals surface area contributed by atoms with Crippen molar-refractivity contribution in [3.8, 4) is 5.75 Å². The first kappa shape index (κ1) is 18.3. The molecule has 146 valence electrons. The summed E-state index contributed by atoms with van der Waals surface area (Å²) in [5, 5.41) is 13.0. The minimum absolute atomic E-state index is 0.0834. The summed E-state index contributed by atoms with van der Waals surface area (Å²) in [7, 11) is 0. The van der Waals surface area contributed by atoms with Gasteiger partial charge in [-0.25, -0.2) is 4.79 Å². The van der Waals surface area contributed by atoms with Crippen molar-refractivity contribution < 1.29 is 19.4 Å². The number of hydrogen-bond donors (Lipinski definition) is 2. The van der Waals surface area contributed by atoms with Gasteiger partial charge in [-0.05, 0) is 57.4 Å². The van der Waals surface area contributed by atoms with Crippen LogP contribution in [-0.2, 0) is 10.2 Å². The molecular formula is C22H24N2O4. The van der Waals surface area contributed by atoms with Crippen molar-refractivity contribution >= 4 is 23.4 Å². The highest BCUT2D eigenvalue weighted by Gasteiger charge is 2.52. The molecule has 1 aliphatic heterocycles. The zero-order valence-electron chi connectivity index (χ0n) is 16.3. The van der Waals surface area contributed by atoms with Crippen LogP contribution in [0.15, 0.2) is 42.5 Å². The lowest BCUT2D eigenvalue weighted by atomic mass is 9.99. The molecule has 0 unspecified atom stereocenters. The summed E-state index contributed by atoms with van der Waals surface area (Å²) in [5.74, 6) is -0.412. The fourth-order valence-corrected chi connectivity index (χ4v) is 3.75. The molecule has 1 heterocycles. The van der Waals surface area contributed by atoms with Crippen molar-refractivity contribution in [2.45, 2.75) is 44.6 Å². The molecule has 4 rings (SSSR count). The quantitative estimate of drug-likeness (QED) is 0.808. The monoisotopic (exact) mass is 380 g/mol. The zero-order chi connectivity index (χ0) is 20.1. The first-order valence-corrected chi connectivity index (χ1v) is 9.43. The maximum atomic E-state index is 13.1. The molecule has 1 fully saturated rings. The Hall–Kier alpha value is -3.02. The van der Waals surface area contributed by atoms with Crippen molar-refractivity contribution in [3.05, 3.63) is 53.6 Å². The summed E-state index contributed by atoms with van der Waals surface area (Å²) in [6.07, 6.45) is 1.55. The number of nitrogens with zero attached hydrogens (tertiary/aromatic N) is 1. The fraction of sp³-hybridized carbons (Fsp3) is 0.364. The highest BCUT2D eigenvalue weighted by Crippen LogP contribution is 2.56. The number of rotatable bonds is 2. The van der Waals surface area contributed by atoms with Gasteiger partial charge in [0.1, 0.15) is 11.4 Å². The van der Waals surface area contributed by atoms with E-state index < -0.39 is 11.7 Å². The number of ether oxygens (including phenoxy) is 1. The van der Waals surface area contributed by atoms with Gasteiger partial charge in [0.15, 0.2) is 0 Å². The number of phenols is 1. The SMILES string of the molecule is CC(C)(C)OC(=O)Nc1ccc(C(=O)N2CC3(CC3)c3ccccc32)c(O)c1. The lowest BCUT2D eigenvalue weighted by molar-refractivity contribution is 0.0636. The standard InChI is InChI=1S/C22H24N2O4/c1-21(2,3)28-20(27)23-14-8-9-15(18(25)12-14)19(26)24-13-22(10-11-22)16-6-4-5-7-17(16)24/h4-9,12,25H,10-11,13H2,1-3H3,(H,23,27). The van der Waals surface area contributed by atoms with Crippen molar-refractivity contribution in [1.82, 2.24) is 0 Å². The smallest absolute Gasteiger partial charge is 0.412 e. The van der Waals surface area contributed by atoms with Crippen molar-refractivity contribution in [2.75, 3.05) is 16.8 Å². The van der Waals surface area contributed by atoms with E-state index in [0.29, 0.717) is 12.2 Å². The van der Waals surface area contributed by atoms with Crippen LogP contribution in [0.3, 0.4) is 0 Å². The first-order valence-electron chi connectivity index (χ1n) is 9.43. The molecule has 2 N–H and O–H groups in total.